The summed E-state index contributed by atoms with van der Waals surface area (Å²) < 4.78 is 32.8. The number of aryl methyl sites for hydroxylation is 1. The number of nitrogens with zero attached hydrogens (tertiary/aromatic N) is 3. The summed E-state index contributed by atoms with van der Waals surface area (Å²) in [4.78, 5) is 31.9. The van der Waals surface area contributed by atoms with E-state index in [4.69, 9.17) is 4.74 Å². The monoisotopic (exact) mass is 415 g/mol. The van der Waals surface area contributed by atoms with Crippen molar-refractivity contribution >= 4 is 22.5 Å². The molecule has 3 aromatic rings. The molecule has 1 N–H and O–H groups in total. The molecule has 1 saturated heterocycles. The highest BCUT2D eigenvalue weighted by atomic mass is 19.1. The summed E-state index contributed by atoms with van der Waals surface area (Å²) in [5.74, 6) is -2.00. The van der Waals surface area contributed by atoms with E-state index in [1.54, 1.807) is 12.1 Å². The topological polar surface area (TPSA) is 84.7 Å². The number of ether oxygens (including phenoxy) is 1. The van der Waals surface area contributed by atoms with Gasteiger partial charge < -0.3 is 14.8 Å². The lowest BCUT2D eigenvalue weighted by Gasteiger charge is -2.31. The number of benzene rings is 1. The summed E-state index contributed by atoms with van der Waals surface area (Å²) in [5.41, 5.74) is -0.453. The lowest BCUT2D eigenvalue weighted by atomic mass is 10.00. The summed E-state index contributed by atoms with van der Waals surface area (Å²) in [5, 5.41) is 10.8. The van der Waals surface area contributed by atoms with Crippen LogP contribution in [0.4, 0.5) is 14.5 Å². The second-order valence-electron chi connectivity index (χ2n) is 6.97. The first-order chi connectivity index (χ1) is 14.5. The predicted molar refractivity (Wildman–Crippen MR) is 105 cm³/mol. The van der Waals surface area contributed by atoms with Crippen LogP contribution in [-0.4, -0.2) is 47.0 Å². The lowest BCUT2D eigenvalue weighted by Crippen LogP contribution is -2.39. The SMILES string of the molecule is O=C(CCc1ccc(F)cc1F)c1c(N2CCOCC2)c2cccnc2n(O)c1=O. The van der Waals surface area contributed by atoms with E-state index >= 15 is 0 Å². The quantitative estimate of drug-likeness (QED) is 0.509. The Morgan fingerprint density at radius 1 is 1.20 bits per heavy atom. The highest BCUT2D eigenvalue weighted by Crippen LogP contribution is 2.29. The molecule has 1 aliphatic heterocycles. The second-order valence-corrected chi connectivity index (χ2v) is 6.97. The van der Waals surface area contributed by atoms with Crippen LogP contribution >= 0.6 is 0 Å². The zero-order valence-corrected chi connectivity index (χ0v) is 16.0. The van der Waals surface area contributed by atoms with Gasteiger partial charge in [0.1, 0.15) is 17.2 Å². The normalized spacial score (nSPS) is 14.3. The number of Topliss-reactive ketones (excluding diaryl/α,β-unsaturated/α-hetero) is 1. The number of rotatable bonds is 5. The van der Waals surface area contributed by atoms with Crippen LogP contribution in [0.3, 0.4) is 0 Å². The molecule has 0 unspecified atom stereocenters. The van der Waals surface area contributed by atoms with Crippen molar-refractivity contribution in [2.24, 2.45) is 0 Å². The molecule has 1 fully saturated rings. The molecular formula is C21H19F2N3O4. The Hall–Kier alpha value is -3.33. The minimum atomic E-state index is -0.882. The fourth-order valence-electron chi connectivity index (χ4n) is 3.65. The van der Waals surface area contributed by atoms with E-state index < -0.39 is 23.0 Å². The number of anilines is 1. The number of ketones is 1. The molecule has 30 heavy (non-hydrogen) atoms. The van der Waals surface area contributed by atoms with Gasteiger partial charge in [-0.25, -0.2) is 13.8 Å². The van der Waals surface area contributed by atoms with Crippen LogP contribution in [0.25, 0.3) is 11.0 Å². The Morgan fingerprint density at radius 2 is 1.97 bits per heavy atom. The van der Waals surface area contributed by atoms with E-state index in [2.05, 4.69) is 4.98 Å². The Kier molecular flexibility index (Phi) is 5.45. The third kappa shape index (κ3) is 3.63. The third-order valence-electron chi connectivity index (χ3n) is 5.13. The average molecular weight is 415 g/mol. The molecule has 9 heteroatoms. The molecule has 4 rings (SSSR count). The lowest BCUT2D eigenvalue weighted by molar-refractivity contribution is 0.0973. The van der Waals surface area contributed by atoms with E-state index in [0.717, 1.165) is 12.1 Å². The largest absolute Gasteiger partial charge is 0.423 e. The number of carbonyl (C=O) groups is 1. The molecule has 3 heterocycles. The van der Waals surface area contributed by atoms with Crippen molar-refractivity contribution in [2.75, 3.05) is 31.2 Å². The van der Waals surface area contributed by atoms with Gasteiger partial charge in [-0.1, -0.05) is 6.07 Å². The van der Waals surface area contributed by atoms with E-state index in [1.807, 2.05) is 4.90 Å². The molecule has 0 atom stereocenters. The van der Waals surface area contributed by atoms with Gasteiger partial charge >= 0.3 is 0 Å². The van der Waals surface area contributed by atoms with Gasteiger partial charge in [0.15, 0.2) is 11.4 Å². The van der Waals surface area contributed by atoms with Crippen LogP contribution in [0, 0.1) is 11.6 Å². The molecule has 0 amide bonds. The second kappa shape index (κ2) is 8.19. The molecule has 1 aliphatic rings. The number of aromatic nitrogens is 2. The first-order valence-electron chi connectivity index (χ1n) is 9.50. The van der Waals surface area contributed by atoms with Crippen LogP contribution in [0.2, 0.25) is 0 Å². The van der Waals surface area contributed by atoms with Crippen molar-refractivity contribution in [3.63, 3.8) is 0 Å². The summed E-state index contributed by atoms with van der Waals surface area (Å²) in [6, 6.07) is 6.47. The van der Waals surface area contributed by atoms with E-state index in [9.17, 15) is 23.6 Å². The fraction of sp³-hybridized carbons (Fsp3) is 0.286. The van der Waals surface area contributed by atoms with Gasteiger partial charge in [0.25, 0.3) is 5.56 Å². The van der Waals surface area contributed by atoms with Crippen molar-refractivity contribution in [2.45, 2.75) is 12.8 Å². The number of carbonyl (C=O) groups excluding carboxylic acids is 1. The maximum Gasteiger partial charge on any atom is 0.297 e. The van der Waals surface area contributed by atoms with Crippen LogP contribution in [-0.2, 0) is 11.2 Å². The van der Waals surface area contributed by atoms with Gasteiger partial charge in [-0.2, -0.15) is 0 Å². The van der Waals surface area contributed by atoms with Gasteiger partial charge in [-0.05, 0) is 30.2 Å². The van der Waals surface area contributed by atoms with Gasteiger partial charge in [0.05, 0.1) is 18.9 Å². The molecule has 7 nitrogen and oxygen atoms in total. The van der Waals surface area contributed by atoms with Crippen molar-refractivity contribution in [1.29, 1.82) is 0 Å². The van der Waals surface area contributed by atoms with E-state index in [1.165, 1.54) is 12.3 Å². The average Bonchev–Trinajstić information content (AvgIpc) is 2.76. The summed E-state index contributed by atoms with van der Waals surface area (Å²) in [6.45, 7) is 1.79. The van der Waals surface area contributed by atoms with Crippen molar-refractivity contribution < 1.29 is 23.5 Å². The number of fused-ring (bicyclic) bond motifs is 1. The van der Waals surface area contributed by atoms with Gasteiger partial charge in [-0.15, -0.1) is 4.73 Å². The number of halogens is 2. The smallest absolute Gasteiger partial charge is 0.297 e. The minimum absolute atomic E-state index is 0.0105. The highest BCUT2D eigenvalue weighted by molar-refractivity contribution is 6.07. The molecule has 0 radical (unpaired) electrons. The van der Waals surface area contributed by atoms with E-state index in [0.29, 0.717) is 42.1 Å². The predicted octanol–water partition coefficient (Wildman–Crippen LogP) is 2.56. The fourth-order valence-corrected chi connectivity index (χ4v) is 3.65. The summed E-state index contributed by atoms with van der Waals surface area (Å²) >= 11 is 0. The van der Waals surface area contributed by atoms with Crippen molar-refractivity contribution in [3.05, 3.63) is 69.6 Å². The Bertz CT molecular complexity index is 1170. The summed E-state index contributed by atoms with van der Waals surface area (Å²) in [6.07, 6.45) is 1.25. The molecular weight excluding hydrogens is 396 g/mol. The number of hydrogen-bond donors (Lipinski definition) is 1. The molecule has 156 valence electrons. The molecule has 0 bridgehead atoms. The zero-order chi connectivity index (χ0) is 21.3. The van der Waals surface area contributed by atoms with Crippen LogP contribution in [0.1, 0.15) is 22.3 Å². The Labute approximate surface area is 170 Å². The highest BCUT2D eigenvalue weighted by Gasteiger charge is 2.27. The number of pyridine rings is 2. The first-order valence-corrected chi connectivity index (χ1v) is 9.50. The number of hydrogen-bond acceptors (Lipinski definition) is 6. The Balaban J connectivity index is 1.77. The molecule has 1 aromatic carbocycles. The maximum atomic E-state index is 13.9. The van der Waals surface area contributed by atoms with Gasteiger partial charge in [0.2, 0.25) is 0 Å². The molecule has 0 aliphatic carbocycles. The molecule has 0 spiro atoms. The van der Waals surface area contributed by atoms with Gasteiger partial charge in [-0.3, -0.25) is 9.59 Å². The minimum Gasteiger partial charge on any atom is -0.423 e. The molecule has 0 saturated carbocycles. The third-order valence-corrected chi connectivity index (χ3v) is 5.13. The van der Waals surface area contributed by atoms with E-state index in [-0.39, 0.29) is 29.6 Å². The number of morpholine rings is 1. The van der Waals surface area contributed by atoms with Crippen molar-refractivity contribution in [1.82, 2.24) is 9.71 Å². The Morgan fingerprint density at radius 3 is 2.70 bits per heavy atom. The van der Waals surface area contributed by atoms with Crippen LogP contribution in [0.15, 0.2) is 41.3 Å². The van der Waals surface area contributed by atoms with Gasteiger partial charge in [0, 0.05) is 37.2 Å². The summed E-state index contributed by atoms with van der Waals surface area (Å²) in [7, 11) is 0. The van der Waals surface area contributed by atoms with Crippen LogP contribution in [0.5, 0.6) is 0 Å². The van der Waals surface area contributed by atoms with Crippen LogP contribution < -0.4 is 10.5 Å². The standard InChI is InChI=1S/C21H19F2N3O4/c22-14-5-3-13(16(23)12-14)4-6-17(27)18-19(25-8-10-30-11-9-25)15-2-1-7-24-20(15)26(29)21(18)28/h1-3,5,7,12,29H,4,6,8-11H2. The molecule has 2 aromatic heterocycles. The first kappa shape index (κ1) is 20.0. The zero-order valence-electron chi connectivity index (χ0n) is 16.0. The van der Waals surface area contributed by atoms with Crippen molar-refractivity contribution in [3.8, 4) is 0 Å². The maximum absolute atomic E-state index is 13.9.